The minimum absolute atomic E-state index is 0. The third-order valence-corrected chi connectivity index (χ3v) is 12.4. The van der Waals surface area contributed by atoms with Crippen LogP contribution in [-0.2, 0) is 28.5 Å². The molecule has 0 spiro atoms. The van der Waals surface area contributed by atoms with E-state index >= 15 is 0 Å². The fourth-order valence-corrected chi connectivity index (χ4v) is 9.14. The van der Waals surface area contributed by atoms with Crippen LogP contribution in [0.25, 0.3) is 0 Å². The van der Waals surface area contributed by atoms with Crippen molar-refractivity contribution in [2.45, 2.75) is 108 Å². The second kappa shape index (κ2) is 18.4. The van der Waals surface area contributed by atoms with E-state index in [-0.39, 0.29) is 130 Å². The molecule has 304 valence electrons. The first kappa shape index (κ1) is 48.4. The molecule has 1 saturated heterocycles. The molecular formula is C41H51Ac2NO13. The van der Waals surface area contributed by atoms with E-state index in [1.807, 2.05) is 13.8 Å². The summed E-state index contributed by atoms with van der Waals surface area (Å²) in [5.41, 5.74) is -7.17. The third-order valence-electron chi connectivity index (χ3n) is 12.4. The Morgan fingerprint density at radius 2 is 1.54 bits per heavy atom. The normalized spacial score (nSPS) is 33.6. The number of amides is 1. The molecule has 57 heavy (non-hydrogen) atoms. The van der Waals surface area contributed by atoms with Gasteiger partial charge < -0.3 is 49.8 Å². The Hall–Kier alpha value is -1.30. The fraction of sp³-hybridized carbons (Fsp3) is 0.561. The van der Waals surface area contributed by atoms with Crippen LogP contribution in [0.1, 0.15) is 76.3 Å². The van der Waals surface area contributed by atoms with Gasteiger partial charge in [-0.2, -0.15) is 0 Å². The molecule has 1 aliphatic heterocycles. The molecular weight excluding hydrogens is 1170 g/mol. The maximum Gasteiger partial charge on any atom is 0.407 e. The van der Waals surface area contributed by atoms with Crippen LogP contribution in [0.5, 0.6) is 0 Å². The van der Waals surface area contributed by atoms with Gasteiger partial charge in [-0.3, -0.25) is 4.79 Å². The van der Waals surface area contributed by atoms with Gasteiger partial charge in [0.25, 0.3) is 0 Å². The van der Waals surface area contributed by atoms with E-state index in [4.69, 9.17) is 18.9 Å². The number of alkyl carbamates (subject to hydrolysis) is 1. The molecule has 6 rings (SSSR count). The van der Waals surface area contributed by atoms with Crippen LogP contribution in [0, 0.1) is 111 Å². The SMILES string of the molecule is CC1=C2[C@@H](O)C(=O)[C@@]3(C)[C@H]([C@H](OC(=O)c4ccccc4)[C@](O)(CC1OC(=O)[C@H](O)[C@@H](NC(=O)OCC(C)C)c1ccccc1)C2(C)C)[C@]1(O)CO[C@@H]1C[C@@H]3O.[Ac].[Ac]. The van der Waals surface area contributed by atoms with Crippen LogP contribution in [0.15, 0.2) is 71.8 Å². The number of nitrogens with one attached hydrogen (secondary N) is 1. The Kier molecular flexibility index (Phi) is 15.6. The summed E-state index contributed by atoms with van der Waals surface area (Å²) in [5.74, 6) is -4.52. The predicted octanol–water partition coefficient (Wildman–Crippen LogP) is 2.55. The molecule has 14 nitrogen and oxygen atoms in total. The van der Waals surface area contributed by atoms with Crippen molar-refractivity contribution < 1.29 is 152 Å². The molecule has 3 aliphatic carbocycles. The van der Waals surface area contributed by atoms with Crippen molar-refractivity contribution in [1.82, 2.24) is 5.32 Å². The number of Topliss-reactive ketones (excluding diaryl/α,β-unsaturated/α-hetero) is 1. The number of hydrogen-bond acceptors (Lipinski definition) is 13. The van der Waals surface area contributed by atoms with Crippen LogP contribution in [0.4, 0.5) is 4.79 Å². The number of hydrogen-bond donors (Lipinski definition) is 6. The smallest absolute Gasteiger partial charge is 0.407 e. The molecule has 2 aromatic rings. The molecule has 0 aromatic heterocycles. The van der Waals surface area contributed by atoms with Gasteiger partial charge in [0.2, 0.25) is 0 Å². The van der Waals surface area contributed by atoms with E-state index in [0.29, 0.717) is 5.56 Å². The monoisotopic (exact) mass is 1220 g/mol. The number of ketones is 1. The molecule has 2 saturated carbocycles. The molecule has 6 N–H and O–H groups in total. The summed E-state index contributed by atoms with van der Waals surface area (Å²) >= 11 is 0. The first-order valence-corrected chi connectivity index (χ1v) is 18.6. The van der Waals surface area contributed by atoms with Gasteiger partial charge >= 0.3 is 18.0 Å². The summed E-state index contributed by atoms with van der Waals surface area (Å²) in [4.78, 5) is 55.3. The number of carbonyl (C=O) groups excluding carboxylic acids is 4. The van der Waals surface area contributed by atoms with Gasteiger partial charge in [-0.15, -0.1) is 0 Å². The number of fused-ring (bicyclic) bond motifs is 5. The first-order valence-electron chi connectivity index (χ1n) is 18.6. The standard InChI is InChI=1S/C41H51NO13.2Ac/c1-21(2)19-52-37(49)42-29(23-13-9-7-10-14-23)31(45)36(48)54-25-18-41(51)34(55-35(47)24-15-11-8-12-16-24)32-39(6,26(43)17-27-40(32,50)20-53-27)33(46)30(44)28(22(25)3)38(41,4)5;;/h7-16,21,25-27,29-32,34,43-45,50-51H,17-20H2,1-6H3,(H,42,49);;/t25?,26-,27+,29-,30+,31+,32-,34-,39+,40-,41+;;/m0../s1. The molecule has 2 bridgehead atoms. The molecule has 4 aliphatic rings. The maximum absolute atomic E-state index is 14.7. The van der Waals surface area contributed by atoms with Crippen LogP contribution in [0.2, 0.25) is 0 Å². The van der Waals surface area contributed by atoms with Crippen LogP contribution in [0.3, 0.4) is 0 Å². The van der Waals surface area contributed by atoms with E-state index in [9.17, 15) is 44.7 Å². The van der Waals surface area contributed by atoms with Crippen LogP contribution < -0.4 is 5.32 Å². The Morgan fingerprint density at radius 1 is 0.947 bits per heavy atom. The Labute approximate surface area is 403 Å². The van der Waals surface area contributed by atoms with Crippen molar-refractivity contribution in [3.8, 4) is 0 Å². The number of ether oxygens (including phenoxy) is 4. The van der Waals surface area contributed by atoms with E-state index in [0.717, 1.165) is 0 Å². The largest absolute Gasteiger partial charge is 0.456 e. The van der Waals surface area contributed by atoms with Crippen LogP contribution in [-0.4, -0.2) is 110 Å². The summed E-state index contributed by atoms with van der Waals surface area (Å²) in [6, 6.07) is 14.8. The second-order valence-corrected chi connectivity index (χ2v) is 16.5. The Morgan fingerprint density at radius 3 is 2.11 bits per heavy atom. The van der Waals surface area contributed by atoms with Gasteiger partial charge in [-0.1, -0.05) is 76.2 Å². The Balaban J connectivity index is 0.00000360. The van der Waals surface area contributed by atoms with E-state index in [1.165, 1.54) is 26.0 Å². The van der Waals surface area contributed by atoms with Crippen molar-refractivity contribution in [2.24, 2.45) is 22.7 Å². The Bertz CT molecular complexity index is 1840. The number of rotatable bonds is 9. The summed E-state index contributed by atoms with van der Waals surface area (Å²) in [6.07, 6.45) is -11.2. The molecule has 1 unspecified atom stereocenters. The van der Waals surface area contributed by atoms with E-state index in [1.54, 1.807) is 62.4 Å². The van der Waals surface area contributed by atoms with Gasteiger partial charge in [0, 0.05) is 112 Å². The van der Waals surface area contributed by atoms with Gasteiger partial charge in [0.1, 0.15) is 29.5 Å². The molecule has 1 heterocycles. The zero-order valence-electron chi connectivity index (χ0n) is 33.0. The maximum atomic E-state index is 14.7. The average molecular weight is 1220 g/mol. The summed E-state index contributed by atoms with van der Waals surface area (Å²) in [7, 11) is 0. The molecule has 16 heteroatoms. The van der Waals surface area contributed by atoms with Crippen molar-refractivity contribution in [3.05, 3.63) is 82.9 Å². The van der Waals surface area contributed by atoms with E-state index < -0.39 is 101 Å². The fourth-order valence-electron chi connectivity index (χ4n) is 9.14. The molecule has 1 amide bonds. The first-order chi connectivity index (χ1) is 25.8. The van der Waals surface area contributed by atoms with E-state index in [2.05, 4.69) is 5.32 Å². The number of aliphatic hydroxyl groups excluding tert-OH is 3. The zero-order valence-corrected chi connectivity index (χ0v) is 42.4. The quantitative estimate of drug-likeness (QED) is 0.121. The van der Waals surface area contributed by atoms with Crippen molar-refractivity contribution in [1.29, 1.82) is 0 Å². The molecule has 3 fully saturated rings. The number of benzene rings is 2. The topological polar surface area (TPSA) is 218 Å². The van der Waals surface area contributed by atoms with Gasteiger partial charge in [0.15, 0.2) is 11.9 Å². The number of esters is 2. The number of aliphatic hydroxyl groups is 5. The van der Waals surface area contributed by atoms with Gasteiger partial charge in [-0.05, 0) is 48.6 Å². The van der Waals surface area contributed by atoms with Gasteiger partial charge in [-0.25, -0.2) is 14.4 Å². The summed E-state index contributed by atoms with van der Waals surface area (Å²) in [6.45, 7) is 9.45. The van der Waals surface area contributed by atoms with Crippen molar-refractivity contribution in [2.75, 3.05) is 13.2 Å². The molecule has 2 aromatic carbocycles. The summed E-state index contributed by atoms with van der Waals surface area (Å²) < 4.78 is 23.0. The summed E-state index contributed by atoms with van der Waals surface area (Å²) in [5, 5.41) is 63.2. The predicted molar refractivity (Wildman–Crippen MR) is 194 cm³/mol. The van der Waals surface area contributed by atoms with Crippen molar-refractivity contribution in [3.63, 3.8) is 0 Å². The van der Waals surface area contributed by atoms with Crippen LogP contribution >= 0.6 is 0 Å². The molecule has 2 radical (unpaired) electrons. The molecule has 11 atom stereocenters. The van der Waals surface area contributed by atoms with Crippen molar-refractivity contribution >= 4 is 23.8 Å². The van der Waals surface area contributed by atoms with Gasteiger partial charge in [0.05, 0.1) is 42.4 Å². The third kappa shape index (κ3) is 8.50. The number of carbonyl (C=O) groups is 4. The minimum atomic E-state index is -2.31. The minimum Gasteiger partial charge on any atom is -0.456 e. The second-order valence-electron chi connectivity index (χ2n) is 16.5. The zero-order chi connectivity index (χ0) is 40.2. The average Bonchev–Trinajstić information content (AvgIpc) is 3.15.